The van der Waals surface area contributed by atoms with Crippen LogP contribution in [0, 0.1) is 11.7 Å². The average molecular weight is 245 g/mol. The molecule has 5 heteroatoms. The summed E-state index contributed by atoms with van der Waals surface area (Å²) in [4.78, 5) is 11.6. The third-order valence-corrected chi connectivity index (χ3v) is 2.57. The summed E-state index contributed by atoms with van der Waals surface area (Å²) in [5.74, 6) is -1.12. The zero-order valence-electron chi connectivity index (χ0n) is 8.97. The van der Waals surface area contributed by atoms with Crippen molar-refractivity contribution in [2.75, 3.05) is 11.9 Å². The van der Waals surface area contributed by atoms with Crippen molar-refractivity contribution in [3.63, 3.8) is 0 Å². The number of rotatable bonds is 4. The summed E-state index contributed by atoms with van der Waals surface area (Å²) < 4.78 is 13.4. The molecule has 88 valence electrons. The first kappa shape index (κ1) is 12.9. The third-order valence-electron chi connectivity index (χ3n) is 2.34. The van der Waals surface area contributed by atoms with Crippen molar-refractivity contribution >= 4 is 23.2 Å². The van der Waals surface area contributed by atoms with Gasteiger partial charge in [-0.3, -0.25) is 4.79 Å². The van der Waals surface area contributed by atoms with Crippen molar-refractivity contribution in [2.24, 2.45) is 11.7 Å². The fraction of sp³-hybridized carbons (Fsp3) is 0.364. The molecule has 1 atom stereocenters. The lowest BCUT2D eigenvalue weighted by atomic mass is 10.1. The first-order chi connectivity index (χ1) is 7.58. The molecular formula is C11H14ClFN2O. The molecule has 0 aromatic heterocycles. The summed E-state index contributed by atoms with van der Waals surface area (Å²) in [6, 6.07) is 4.10. The van der Waals surface area contributed by atoms with Crippen molar-refractivity contribution in [3.05, 3.63) is 29.0 Å². The Hall–Kier alpha value is -1.13. The number of nitrogens with two attached hydrogens (primary N) is 1. The summed E-state index contributed by atoms with van der Waals surface area (Å²) in [7, 11) is 0. The van der Waals surface area contributed by atoms with Gasteiger partial charge in [-0.1, -0.05) is 18.5 Å². The maximum Gasteiger partial charge on any atom is 0.228 e. The van der Waals surface area contributed by atoms with Gasteiger partial charge in [0.25, 0.3) is 0 Å². The number of carbonyl (C=O) groups is 1. The minimum atomic E-state index is -0.548. The van der Waals surface area contributed by atoms with Crippen LogP contribution in [0.3, 0.4) is 0 Å². The van der Waals surface area contributed by atoms with Gasteiger partial charge in [0.1, 0.15) is 5.82 Å². The first-order valence-electron chi connectivity index (χ1n) is 5.04. The van der Waals surface area contributed by atoms with Crippen LogP contribution in [0.2, 0.25) is 5.02 Å². The Kier molecular flexibility index (Phi) is 4.71. The van der Waals surface area contributed by atoms with Crippen LogP contribution < -0.4 is 11.1 Å². The number of amides is 1. The van der Waals surface area contributed by atoms with Crippen LogP contribution in [0.25, 0.3) is 0 Å². The Bertz CT molecular complexity index is 380. The molecule has 0 aliphatic rings. The van der Waals surface area contributed by atoms with Gasteiger partial charge in [-0.05, 0) is 24.6 Å². The van der Waals surface area contributed by atoms with E-state index >= 15 is 0 Å². The van der Waals surface area contributed by atoms with E-state index < -0.39 is 5.82 Å². The van der Waals surface area contributed by atoms with E-state index in [1.807, 2.05) is 6.92 Å². The van der Waals surface area contributed by atoms with Crippen LogP contribution in [0.15, 0.2) is 18.2 Å². The Morgan fingerprint density at radius 2 is 2.31 bits per heavy atom. The van der Waals surface area contributed by atoms with Crippen LogP contribution in [0.5, 0.6) is 0 Å². The second kappa shape index (κ2) is 5.82. The maximum atomic E-state index is 13.4. The zero-order chi connectivity index (χ0) is 12.1. The van der Waals surface area contributed by atoms with Gasteiger partial charge in [-0.15, -0.1) is 0 Å². The molecular weight excluding hydrogens is 231 g/mol. The van der Waals surface area contributed by atoms with Crippen LogP contribution in [-0.4, -0.2) is 12.5 Å². The number of benzene rings is 1. The van der Waals surface area contributed by atoms with Gasteiger partial charge >= 0.3 is 0 Å². The average Bonchev–Trinajstić information content (AvgIpc) is 2.24. The lowest BCUT2D eigenvalue weighted by Crippen LogP contribution is -2.28. The van der Waals surface area contributed by atoms with E-state index in [9.17, 15) is 9.18 Å². The molecule has 3 nitrogen and oxygen atoms in total. The second-order valence-electron chi connectivity index (χ2n) is 3.45. The van der Waals surface area contributed by atoms with E-state index in [0.717, 1.165) is 6.07 Å². The number of anilines is 1. The van der Waals surface area contributed by atoms with Crippen molar-refractivity contribution in [1.29, 1.82) is 0 Å². The van der Waals surface area contributed by atoms with Crippen molar-refractivity contribution in [3.8, 4) is 0 Å². The number of halogens is 2. The minimum Gasteiger partial charge on any atom is -0.330 e. The van der Waals surface area contributed by atoms with Gasteiger partial charge in [0, 0.05) is 11.6 Å². The van der Waals surface area contributed by atoms with Gasteiger partial charge in [0.15, 0.2) is 0 Å². The molecule has 0 spiro atoms. The normalized spacial score (nSPS) is 12.2. The van der Waals surface area contributed by atoms with Gasteiger partial charge in [0.05, 0.1) is 11.6 Å². The number of carbonyl (C=O) groups excluding carboxylic acids is 1. The molecule has 0 heterocycles. The van der Waals surface area contributed by atoms with E-state index in [2.05, 4.69) is 5.32 Å². The largest absolute Gasteiger partial charge is 0.330 e. The summed E-state index contributed by atoms with van der Waals surface area (Å²) >= 11 is 5.60. The predicted octanol–water partition coefficient (Wildman–Crippen LogP) is 2.40. The molecule has 1 aromatic rings. The van der Waals surface area contributed by atoms with Crippen molar-refractivity contribution < 1.29 is 9.18 Å². The molecule has 0 aliphatic heterocycles. The SMILES string of the molecule is CCC(CN)C(=O)Nc1ccc(Cl)cc1F. The molecule has 0 radical (unpaired) electrons. The van der Waals surface area contributed by atoms with E-state index in [4.69, 9.17) is 17.3 Å². The molecule has 1 amide bonds. The lowest BCUT2D eigenvalue weighted by molar-refractivity contribution is -0.119. The van der Waals surface area contributed by atoms with Gasteiger partial charge in [-0.2, -0.15) is 0 Å². The van der Waals surface area contributed by atoms with Crippen LogP contribution in [0.1, 0.15) is 13.3 Å². The molecule has 0 aliphatic carbocycles. The summed E-state index contributed by atoms with van der Waals surface area (Å²) in [5.41, 5.74) is 5.55. The van der Waals surface area contributed by atoms with Crippen LogP contribution >= 0.6 is 11.6 Å². The summed E-state index contributed by atoms with van der Waals surface area (Å²) in [6.07, 6.45) is 0.623. The minimum absolute atomic E-state index is 0.126. The molecule has 1 unspecified atom stereocenters. The molecule has 0 bridgehead atoms. The van der Waals surface area contributed by atoms with Crippen molar-refractivity contribution in [1.82, 2.24) is 0 Å². The highest BCUT2D eigenvalue weighted by molar-refractivity contribution is 6.30. The summed E-state index contributed by atoms with van der Waals surface area (Å²) in [5, 5.41) is 2.78. The quantitative estimate of drug-likeness (QED) is 0.855. The van der Waals surface area contributed by atoms with E-state index in [1.165, 1.54) is 12.1 Å². The number of hydrogen-bond acceptors (Lipinski definition) is 2. The van der Waals surface area contributed by atoms with Crippen LogP contribution in [0.4, 0.5) is 10.1 Å². The fourth-order valence-corrected chi connectivity index (χ4v) is 1.44. The maximum absolute atomic E-state index is 13.4. The summed E-state index contributed by atoms with van der Waals surface area (Å²) in [6.45, 7) is 2.10. The standard InChI is InChI=1S/C11H14ClFN2O/c1-2-7(6-14)11(16)15-10-4-3-8(12)5-9(10)13/h3-5,7H,2,6,14H2,1H3,(H,15,16). The zero-order valence-corrected chi connectivity index (χ0v) is 9.72. The Labute approximate surface area is 98.8 Å². The van der Waals surface area contributed by atoms with Gasteiger partial charge < -0.3 is 11.1 Å². The third kappa shape index (κ3) is 3.18. The van der Waals surface area contributed by atoms with Gasteiger partial charge in [-0.25, -0.2) is 4.39 Å². The smallest absolute Gasteiger partial charge is 0.228 e. The molecule has 16 heavy (non-hydrogen) atoms. The Balaban J connectivity index is 2.76. The Morgan fingerprint density at radius 1 is 1.62 bits per heavy atom. The molecule has 0 saturated heterocycles. The highest BCUT2D eigenvalue weighted by Crippen LogP contribution is 2.19. The first-order valence-corrected chi connectivity index (χ1v) is 5.42. The van der Waals surface area contributed by atoms with E-state index in [0.29, 0.717) is 11.4 Å². The second-order valence-corrected chi connectivity index (χ2v) is 3.89. The van der Waals surface area contributed by atoms with Crippen molar-refractivity contribution in [2.45, 2.75) is 13.3 Å². The fourth-order valence-electron chi connectivity index (χ4n) is 1.28. The molecule has 0 fully saturated rings. The van der Waals surface area contributed by atoms with Crippen LogP contribution in [-0.2, 0) is 4.79 Å². The molecule has 0 saturated carbocycles. The monoisotopic (exact) mass is 244 g/mol. The lowest BCUT2D eigenvalue weighted by Gasteiger charge is -2.13. The highest BCUT2D eigenvalue weighted by Gasteiger charge is 2.15. The van der Waals surface area contributed by atoms with E-state index in [1.54, 1.807) is 0 Å². The molecule has 1 rings (SSSR count). The van der Waals surface area contributed by atoms with Gasteiger partial charge in [0.2, 0.25) is 5.91 Å². The molecule has 3 N–H and O–H groups in total. The number of hydrogen-bond donors (Lipinski definition) is 2. The predicted molar refractivity (Wildman–Crippen MR) is 62.9 cm³/mol. The Morgan fingerprint density at radius 3 is 2.81 bits per heavy atom. The highest BCUT2D eigenvalue weighted by atomic mass is 35.5. The topological polar surface area (TPSA) is 55.1 Å². The number of nitrogens with one attached hydrogen (secondary N) is 1. The molecule has 1 aromatic carbocycles. The van der Waals surface area contributed by atoms with E-state index in [-0.39, 0.29) is 24.1 Å².